The van der Waals surface area contributed by atoms with Crippen molar-refractivity contribution in [3.8, 4) is 11.1 Å². The molecule has 1 aromatic carbocycles. The summed E-state index contributed by atoms with van der Waals surface area (Å²) in [4.78, 5) is 5.29. The summed E-state index contributed by atoms with van der Waals surface area (Å²) in [6.07, 6.45) is 4.58. The first-order valence-corrected chi connectivity index (χ1v) is 11.2. The molecule has 27 heavy (non-hydrogen) atoms. The van der Waals surface area contributed by atoms with Crippen LogP contribution in [0.5, 0.6) is 0 Å². The first-order valence-electron chi connectivity index (χ1n) is 8.88. The molecule has 2 N–H and O–H groups in total. The third-order valence-electron chi connectivity index (χ3n) is 4.47. The number of hydrogen-bond donors (Lipinski definition) is 1. The summed E-state index contributed by atoms with van der Waals surface area (Å²) in [5, 5.41) is 5.50. The van der Waals surface area contributed by atoms with Crippen molar-refractivity contribution in [1.82, 2.24) is 9.55 Å². The number of rotatable bonds is 6. The van der Waals surface area contributed by atoms with E-state index in [1.165, 1.54) is 11.3 Å². The fourth-order valence-electron chi connectivity index (χ4n) is 3.22. The lowest BCUT2D eigenvalue weighted by molar-refractivity contribution is 0.600. The molecule has 0 aliphatic carbocycles. The van der Waals surface area contributed by atoms with Crippen molar-refractivity contribution in [2.24, 2.45) is 11.1 Å². The Bertz CT molecular complexity index is 1060. The summed E-state index contributed by atoms with van der Waals surface area (Å²) < 4.78 is 26.6. The van der Waals surface area contributed by atoms with Gasteiger partial charge in [0.15, 0.2) is 0 Å². The van der Waals surface area contributed by atoms with Crippen LogP contribution >= 0.6 is 11.3 Å². The van der Waals surface area contributed by atoms with Crippen molar-refractivity contribution in [3.05, 3.63) is 58.5 Å². The zero-order valence-corrected chi connectivity index (χ0v) is 17.7. The van der Waals surface area contributed by atoms with Crippen LogP contribution in [0.2, 0.25) is 0 Å². The fourth-order valence-corrected chi connectivity index (χ4v) is 5.59. The number of primary sulfonamides is 1. The van der Waals surface area contributed by atoms with Crippen LogP contribution in [0, 0.1) is 19.8 Å². The normalized spacial score (nSPS) is 12.1. The molecule has 7 heteroatoms. The number of aromatic nitrogens is 2. The Morgan fingerprint density at radius 2 is 1.93 bits per heavy atom. The van der Waals surface area contributed by atoms with Crippen LogP contribution in [0.1, 0.15) is 35.7 Å². The van der Waals surface area contributed by atoms with Gasteiger partial charge in [0.1, 0.15) is 10.0 Å². The Balaban J connectivity index is 2.01. The minimum Gasteiger partial charge on any atom is -0.331 e. The highest BCUT2D eigenvalue weighted by atomic mass is 32.2. The molecule has 0 radical (unpaired) electrons. The second-order valence-electron chi connectivity index (χ2n) is 7.31. The Hall–Kier alpha value is -1.96. The zero-order chi connectivity index (χ0) is 19.8. The van der Waals surface area contributed by atoms with Gasteiger partial charge in [0, 0.05) is 29.4 Å². The lowest BCUT2D eigenvalue weighted by atomic mass is 9.99. The van der Waals surface area contributed by atoms with Crippen LogP contribution in [-0.2, 0) is 23.0 Å². The van der Waals surface area contributed by atoms with Crippen LogP contribution in [0.4, 0.5) is 0 Å². The second kappa shape index (κ2) is 7.58. The second-order valence-corrected chi connectivity index (χ2v) is 10.2. The van der Waals surface area contributed by atoms with E-state index >= 15 is 0 Å². The highest BCUT2D eigenvalue weighted by Gasteiger charge is 2.21. The zero-order valence-electron chi connectivity index (χ0n) is 16.1. The van der Waals surface area contributed by atoms with Crippen molar-refractivity contribution < 1.29 is 8.42 Å². The number of benzene rings is 1. The molecule has 2 aromatic heterocycles. The summed E-state index contributed by atoms with van der Waals surface area (Å²) in [7, 11) is -3.76. The van der Waals surface area contributed by atoms with Gasteiger partial charge in [0.2, 0.25) is 10.0 Å². The van der Waals surface area contributed by atoms with E-state index in [1.807, 2.05) is 38.2 Å². The Morgan fingerprint density at radius 1 is 1.19 bits per heavy atom. The van der Waals surface area contributed by atoms with Crippen molar-refractivity contribution >= 4 is 21.4 Å². The van der Waals surface area contributed by atoms with E-state index in [2.05, 4.69) is 29.5 Å². The van der Waals surface area contributed by atoms with Gasteiger partial charge in [0.25, 0.3) is 0 Å². The summed E-state index contributed by atoms with van der Waals surface area (Å²) in [6, 6.07) is 8.11. The summed E-state index contributed by atoms with van der Waals surface area (Å²) in [6.45, 7) is 8.95. The van der Waals surface area contributed by atoms with Crippen LogP contribution in [-0.4, -0.2) is 18.0 Å². The van der Waals surface area contributed by atoms with Crippen LogP contribution < -0.4 is 5.14 Å². The molecule has 3 rings (SSSR count). The molecule has 0 fully saturated rings. The van der Waals surface area contributed by atoms with E-state index in [1.54, 1.807) is 6.20 Å². The maximum Gasteiger partial charge on any atom is 0.248 e. The lowest BCUT2D eigenvalue weighted by Crippen LogP contribution is -2.11. The summed E-state index contributed by atoms with van der Waals surface area (Å²) >= 11 is 1.28. The number of sulfonamides is 1. The number of hydrogen-bond acceptors (Lipinski definition) is 4. The fraction of sp³-hybridized carbons (Fsp3) is 0.350. The molecule has 0 saturated carbocycles. The number of aryl methyl sites for hydroxylation is 2. The van der Waals surface area contributed by atoms with Crippen LogP contribution in [0.3, 0.4) is 0 Å². The quantitative estimate of drug-likeness (QED) is 0.672. The smallest absolute Gasteiger partial charge is 0.248 e. The number of nitrogens with zero attached hydrogens (tertiary/aromatic N) is 2. The van der Waals surface area contributed by atoms with Crippen molar-refractivity contribution in [3.63, 3.8) is 0 Å². The van der Waals surface area contributed by atoms with Gasteiger partial charge in [-0.05, 0) is 48.9 Å². The molecule has 0 unspecified atom stereocenters. The predicted molar refractivity (Wildman–Crippen MR) is 110 cm³/mol. The average Bonchev–Trinajstić information content (AvgIpc) is 3.13. The summed E-state index contributed by atoms with van der Waals surface area (Å²) in [5.41, 5.74) is 3.80. The first-order chi connectivity index (χ1) is 12.6. The van der Waals surface area contributed by atoms with E-state index < -0.39 is 10.0 Å². The van der Waals surface area contributed by atoms with Crippen molar-refractivity contribution in [1.29, 1.82) is 0 Å². The standard InChI is InChI=1S/C20H25N3O2S2/c1-13(2)9-17-11-19(20(26-17)27(21,24)25)18-6-5-16(10-14(18)3)12-23-8-7-22-15(23)4/h5-8,10-11,13H,9,12H2,1-4H3,(H2,21,24,25). The van der Waals surface area contributed by atoms with Gasteiger partial charge in [-0.3, -0.25) is 0 Å². The maximum atomic E-state index is 12.1. The van der Waals surface area contributed by atoms with Gasteiger partial charge >= 0.3 is 0 Å². The predicted octanol–water partition coefficient (Wildman–Crippen LogP) is 4.12. The molecule has 144 valence electrons. The summed E-state index contributed by atoms with van der Waals surface area (Å²) in [5.74, 6) is 1.41. The average molecular weight is 404 g/mol. The molecule has 0 spiro atoms. The molecular weight excluding hydrogens is 378 g/mol. The minimum atomic E-state index is -3.76. The van der Waals surface area contributed by atoms with Gasteiger partial charge in [-0.15, -0.1) is 11.3 Å². The van der Waals surface area contributed by atoms with Crippen molar-refractivity contribution in [2.75, 3.05) is 0 Å². The van der Waals surface area contributed by atoms with Gasteiger partial charge in [-0.1, -0.05) is 32.0 Å². The molecule has 0 bridgehead atoms. The molecule has 0 saturated heterocycles. The molecule has 5 nitrogen and oxygen atoms in total. The van der Waals surface area contributed by atoms with E-state index in [0.717, 1.165) is 40.4 Å². The molecular formula is C20H25N3O2S2. The number of nitrogens with two attached hydrogens (primary N) is 1. The molecule has 0 aliphatic heterocycles. The molecule has 0 atom stereocenters. The van der Waals surface area contributed by atoms with Crippen LogP contribution in [0.15, 0.2) is 40.9 Å². The number of imidazole rings is 1. The van der Waals surface area contributed by atoms with Crippen LogP contribution in [0.25, 0.3) is 11.1 Å². The molecule has 3 aromatic rings. The molecule has 2 heterocycles. The first kappa shape index (κ1) is 19.8. The maximum absolute atomic E-state index is 12.1. The largest absolute Gasteiger partial charge is 0.331 e. The molecule has 0 aliphatic rings. The third kappa shape index (κ3) is 4.48. The van der Waals surface area contributed by atoms with Crippen molar-refractivity contribution in [2.45, 2.75) is 44.9 Å². The van der Waals surface area contributed by atoms with E-state index in [9.17, 15) is 8.42 Å². The molecule has 0 amide bonds. The highest BCUT2D eigenvalue weighted by molar-refractivity contribution is 7.91. The van der Waals surface area contributed by atoms with Gasteiger partial charge in [-0.2, -0.15) is 0 Å². The minimum absolute atomic E-state index is 0.249. The third-order valence-corrected chi connectivity index (χ3v) is 7.11. The van der Waals surface area contributed by atoms with E-state index in [-0.39, 0.29) is 4.21 Å². The Morgan fingerprint density at radius 3 is 2.48 bits per heavy atom. The monoisotopic (exact) mass is 403 g/mol. The highest BCUT2D eigenvalue weighted by Crippen LogP contribution is 2.37. The van der Waals surface area contributed by atoms with E-state index in [4.69, 9.17) is 5.14 Å². The van der Waals surface area contributed by atoms with E-state index in [0.29, 0.717) is 11.5 Å². The number of thiophene rings is 1. The lowest BCUT2D eigenvalue weighted by Gasteiger charge is -2.10. The Kier molecular flexibility index (Phi) is 5.55. The topological polar surface area (TPSA) is 78.0 Å². The Labute approximate surface area is 164 Å². The SMILES string of the molecule is Cc1cc(Cn2ccnc2C)ccc1-c1cc(CC(C)C)sc1S(N)(=O)=O. The van der Waals surface area contributed by atoms with Gasteiger partial charge < -0.3 is 4.57 Å². The van der Waals surface area contributed by atoms with Gasteiger partial charge in [-0.25, -0.2) is 18.5 Å². The van der Waals surface area contributed by atoms with Gasteiger partial charge in [0.05, 0.1) is 0 Å².